The number of rotatable bonds is 6. The van der Waals surface area contributed by atoms with E-state index in [9.17, 15) is 4.79 Å². The van der Waals surface area contributed by atoms with Crippen LogP contribution in [0.2, 0.25) is 0 Å². The first-order valence-electron chi connectivity index (χ1n) is 8.56. The van der Waals surface area contributed by atoms with Crippen LogP contribution in [-0.4, -0.2) is 10.9 Å². The molecule has 0 aliphatic rings. The second kappa shape index (κ2) is 9.20. The Bertz CT molecular complexity index is 778. The zero-order valence-electron chi connectivity index (χ0n) is 14.4. The summed E-state index contributed by atoms with van der Waals surface area (Å²) >= 11 is 3.43. The molecule has 3 aromatic carbocycles. The highest BCUT2D eigenvalue weighted by Gasteiger charge is 2.14. The van der Waals surface area contributed by atoms with E-state index in [1.165, 1.54) is 0 Å². The van der Waals surface area contributed by atoms with Gasteiger partial charge in [0.05, 0.1) is 0 Å². The summed E-state index contributed by atoms with van der Waals surface area (Å²) in [6, 6.07) is 28.0. The van der Waals surface area contributed by atoms with Crippen LogP contribution in [0.1, 0.15) is 16.7 Å². The molecule has 2 amide bonds. The Hall–Kier alpha value is -2.59. The molecular weight excluding hydrogens is 388 g/mol. The smallest absolute Gasteiger partial charge is 0.318 e. The number of urea groups is 1. The van der Waals surface area contributed by atoms with Crippen molar-refractivity contribution in [1.29, 1.82) is 0 Å². The highest BCUT2D eigenvalue weighted by Crippen LogP contribution is 2.12. The average molecular weight is 409 g/mol. The van der Waals surface area contributed by atoms with Gasteiger partial charge in [0.15, 0.2) is 0 Å². The molecule has 0 heterocycles. The summed E-state index contributed by atoms with van der Waals surface area (Å²) in [7, 11) is 0. The minimum atomic E-state index is -0.0689. The summed E-state index contributed by atoms with van der Waals surface area (Å²) in [5.74, 6) is 0. The lowest BCUT2D eigenvalue weighted by Gasteiger charge is -2.23. The van der Waals surface area contributed by atoms with Crippen molar-refractivity contribution in [2.45, 2.75) is 19.6 Å². The lowest BCUT2D eigenvalue weighted by molar-refractivity contribution is 0.192. The van der Waals surface area contributed by atoms with E-state index in [4.69, 9.17) is 0 Å². The van der Waals surface area contributed by atoms with Crippen molar-refractivity contribution in [3.8, 4) is 0 Å². The molecule has 3 rings (SSSR count). The second-order valence-corrected chi connectivity index (χ2v) is 7.03. The standard InChI is InChI=1S/C22H21BrN2O/c23-21-13-11-18(12-14-21)15-24-22(26)25(16-19-7-3-1-4-8-19)17-20-9-5-2-6-10-20/h1-14H,15-17H2,(H,24,26). The number of nitrogens with zero attached hydrogens (tertiary/aromatic N) is 1. The number of amides is 2. The maximum absolute atomic E-state index is 12.8. The van der Waals surface area contributed by atoms with Crippen molar-refractivity contribution in [3.05, 3.63) is 106 Å². The number of carbonyl (C=O) groups excluding carboxylic acids is 1. The monoisotopic (exact) mass is 408 g/mol. The number of halogens is 1. The molecule has 0 saturated carbocycles. The molecule has 0 aromatic heterocycles. The molecule has 0 bridgehead atoms. The van der Waals surface area contributed by atoms with Gasteiger partial charge in [0.25, 0.3) is 0 Å². The molecule has 0 aliphatic carbocycles. The van der Waals surface area contributed by atoms with Crippen LogP contribution in [0.5, 0.6) is 0 Å². The van der Waals surface area contributed by atoms with E-state index in [0.717, 1.165) is 21.2 Å². The maximum atomic E-state index is 12.8. The minimum absolute atomic E-state index is 0.0689. The third kappa shape index (κ3) is 5.46. The molecule has 0 spiro atoms. The highest BCUT2D eigenvalue weighted by molar-refractivity contribution is 9.10. The van der Waals surface area contributed by atoms with Crippen LogP contribution in [0.25, 0.3) is 0 Å². The van der Waals surface area contributed by atoms with Crippen molar-refractivity contribution >= 4 is 22.0 Å². The zero-order chi connectivity index (χ0) is 18.2. The predicted octanol–water partition coefficient (Wildman–Crippen LogP) is 5.36. The van der Waals surface area contributed by atoms with E-state index in [0.29, 0.717) is 19.6 Å². The van der Waals surface area contributed by atoms with Crippen LogP contribution in [0.4, 0.5) is 4.79 Å². The largest absolute Gasteiger partial charge is 0.334 e. The Morgan fingerprint density at radius 1 is 0.731 bits per heavy atom. The van der Waals surface area contributed by atoms with Crippen LogP contribution in [0.3, 0.4) is 0 Å². The maximum Gasteiger partial charge on any atom is 0.318 e. The number of carbonyl (C=O) groups is 1. The molecule has 3 aromatic rings. The summed E-state index contributed by atoms with van der Waals surface area (Å²) in [4.78, 5) is 14.6. The molecule has 0 unspecified atom stereocenters. The van der Waals surface area contributed by atoms with Gasteiger partial charge in [-0.3, -0.25) is 0 Å². The van der Waals surface area contributed by atoms with E-state index in [1.807, 2.05) is 89.8 Å². The average Bonchev–Trinajstić information content (AvgIpc) is 2.68. The van der Waals surface area contributed by atoms with Crippen LogP contribution in [-0.2, 0) is 19.6 Å². The van der Waals surface area contributed by atoms with Crippen molar-refractivity contribution in [2.24, 2.45) is 0 Å². The van der Waals surface area contributed by atoms with E-state index >= 15 is 0 Å². The molecule has 1 N–H and O–H groups in total. The first-order chi connectivity index (χ1) is 12.7. The topological polar surface area (TPSA) is 32.3 Å². The Kier molecular flexibility index (Phi) is 6.45. The van der Waals surface area contributed by atoms with Gasteiger partial charge < -0.3 is 10.2 Å². The van der Waals surface area contributed by atoms with Gasteiger partial charge in [-0.15, -0.1) is 0 Å². The molecule has 3 nitrogen and oxygen atoms in total. The van der Waals surface area contributed by atoms with Crippen LogP contribution in [0, 0.1) is 0 Å². The molecular formula is C22H21BrN2O. The van der Waals surface area contributed by atoms with E-state index in [2.05, 4.69) is 21.2 Å². The molecule has 4 heteroatoms. The third-order valence-electron chi connectivity index (χ3n) is 4.08. The molecule has 26 heavy (non-hydrogen) atoms. The van der Waals surface area contributed by atoms with Gasteiger partial charge in [-0.1, -0.05) is 88.7 Å². The Labute approximate surface area is 162 Å². The fourth-order valence-electron chi connectivity index (χ4n) is 2.70. The number of hydrogen-bond acceptors (Lipinski definition) is 1. The van der Waals surface area contributed by atoms with Gasteiger partial charge in [-0.25, -0.2) is 4.79 Å². The quantitative estimate of drug-likeness (QED) is 0.584. The fourth-order valence-corrected chi connectivity index (χ4v) is 2.96. The Balaban J connectivity index is 1.68. The first kappa shape index (κ1) is 18.2. The van der Waals surface area contributed by atoms with Crippen LogP contribution >= 0.6 is 15.9 Å². The van der Waals surface area contributed by atoms with Crippen molar-refractivity contribution < 1.29 is 4.79 Å². The van der Waals surface area contributed by atoms with Gasteiger partial charge in [0, 0.05) is 24.1 Å². The normalized spacial score (nSPS) is 10.3. The Morgan fingerprint density at radius 3 is 1.73 bits per heavy atom. The first-order valence-corrected chi connectivity index (χ1v) is 9.35. The minimum Gasteiger partial charge on any atom is -0.334 e. The molecule has 0 saturated heterocycles. The van der Waals surface area contributed by atoms with Crippen molar-refractivity contribution in [1.82, 2.24) is 10.2 Å². The highest BCUT2D eigenvalue weighted by atomic mass is 79.9. The lowest BCUT2D eigenvalue weighted by Crippen LogP contribution is -2.38. The van der Waals surface area contributed by atoms with E-state index in [1.54, 1.807) is 0 Å². The Morgan fingerprint density at radius 2 is 1.23 bits per heavy atom. The van der Waals surface area contributed by atoms with E-state index in [-0.39, 0.29) is 6.03 Å². The van der Waals surface area contributed by atoms with E-state index < -0.39 is 0 Å². The number of benzene rings is 3. The SMILES string of the molecule is O=C(NCc1ccc(Br)cc1)N(Cc1ccccc1)Cc1ccccc1. The molecule has 132 valence electrons. The molecule has 0 fully saturated rings. The fraction of sp³-hybridized carbons (Fsp3) is 0.136. The summed E-state index contributed by atoms with van der Waals surface area (Å²) in [6.45, 7) is 1.65. The molecule has 0 atom stereocenters. The zero-order valence-corrected chi connectivity index (χ0v) is 16.0. The summed E-state index contributed by atoms with van der Waals surface area (Å²) < 4.78 is 1.03. The van der Waals surface area contributed by atoms with Gasteiger partial charge in [-0.05, 0) is 28.8 Å². The van der Waals surface area contributed by atoms with Gasteiger partial charge >= 0.3 is 6.03 Å². The van der Waals surface area contributed by atoms with Crippen molar-refractivity contribution in [3.63, 3.8) is 0 Å². The lowest BCUT2D eigenvalue weighted by atomic mass is 10.2. The van der Waals surface area contributed by atoms with Gasteiger partial charge in [0.2, 0.25) is 0 Å². The van der Waals surface area contributed by atoms with Gasteiger partial charge in [-0.2, -0.15) is 0 Å². The number of nitrogens with one attached hydrogen (secondary N) is 1. The summed E-state index contributed by atoms with van der Waals surface area (Å²) in [5.41, 5.74) is 3.30. The summed E-state index contributed by atoms with van der Waals surface area (Å²) in [6.07, 6.45) is 0. The third-order valence-corrected chi connectivity index (χ3v) is 4.61. The van der Waals surface area contributed by atoms with Crippen LogP contribution in [0.15, 0.2) is 89.4 Å². The van der Waals surface area contributed by atoms with Crippen molar-refractivity contribution in [2.75, 3.05) is 0 Å². The molecule has 0 radical (unpaired) electrons. The predicted molar refractivity (Wildman–Crippen MR) is 109 cm³/mol. The summed E-state index contributed by atoms with van der Waals surface area (Å²) in [5, 5.41) is 3.03. The second-order valence-electron chi connectivity index (χ2n) is 6.11. The number of hydrogen-bond donors (Lipinski definition) is 1. The van der Waals surface area contributed by atoms with Crippen LogP contribution < -0.4 is 5.32 Å². The van der Waals surface area contributed by atoms with Gasteiger partial charge in [0.1, 0.15) is 0 Å². The molecule has 0 aliphatic heterocycles.